The fourth-order valence-corrected chi connectivity index (χ4v) is 4.73. The summed E-state index contributed by atoms with van der Waals surface area (Å²) in [6.45, 7) is 10.4. The van der Waals surface area contributed by atoms with Gasteiger partial charge in [0.05, 0.1) is 0 Å². The van der Waals surface area contributed by atoms with Gasteiger partial charge in [-0.25, -0.2) is 9.78 Å². The van der Waals surface area contributed by atoms with E-state index in [9.17, 15) is 14.4 Å². The van der Waals surface area contributed by atoms with Crippen molar-refractivity contribution >= 4 is 17.1 Å². The van der Waals surface area contributed by atoms with Gasteiger partial charge in [0.1, 0.15) is 5.82 Å². The Balaban J connectivity index is 1.51. The van der Waals surface area contributed by atoms with Crippen LogP contribution in [0.3, 0.4) is 0 Å². The zero-order valence-electron chi connectivity index (χ0n) is 21.0. The van der Waals surface area contributed by atoms with Gasteiger partial charge in [0.15, 0.2) is 17.0 Å². The number of nitrogens with one attached hydrogen (secondary N) is 1. The Morgan fingerprint density at radius 2 is 1.91 bits per heavy atom. The number of H-pyrrole nitrogens is 1. The number of aromatic nitrogens is 6. The standard InChI is InChI=1S/C24H35N7O4/c1-5-6-11-30-21-20(22(33)27-24(30)34)31(14-15(2)3)18(26-21)7-8-19(32)29-12-9-17(10-13-29)23-25-16(4)28-35-23/h15,17H,5-14H2,1-4H3,(H,27,33,34). The number of hydrogen-bond acceptors (Lipinski definition) is 7. The van der Waals surface area contributed by atoms with E-state index in [4.69, 9.17) is 9.51 Å². The molecule has 1 saturated heterocycles. The predicted octanol–water partition coefficient (Wildman–Crippen LogP) is 2.37. The van der Waals surface area contributed by atoms with Crippen molar-refractivity contribution in [2.24, 2.45) is 5.92 Å². The van der Waals surface area contributed by atoms with Gasteiger partial charge in [-0.3, -0.25) is 19.1 Å². The number of hydrogen-bond donors (Lipinski definition) is 1. The highest BCUT2D eigenvalue weighted by Crippen LogP contribution is 2.27. The van der Waals surface area contributed by atoms with Crippen molar-refractivity contribution in [3.05, 3.63) is 38.4 Å². The molecule has 1 N–H and O–H groups in total. The molecular formula is C24H35N7O4. The van der Waals surface area contributed by atoms with E-state index in [1.54, 1.807) is 11.5 Å². The van der Waals surface area contributed by atoms with Crippen LogP contribution in [0.4, 0.5) is 0 Å². The zero-order valence-corrected chi connectivity index (χ0v) is 21.0. The lowest BCUT2D eigenvalue weighted by atomic mass is 9.96. The number of fused-ring (bicyclic) bond motifs is 1. The predicted molar refractivity (Wildman–Crippen MR) is 130 cm³/mol. The van der Waals surface area contributed by atoms with E-state index in [2.05, 4.69) is 29.0 Å². The molecule has 4 heterocycles. The maximum atomic E-state index is 13.0. The molecule has 3 aromatic heterocycles. The molecule has 1 fully saturated rings. The molecule has 0 atom stereocenters. The number of rotatable bonds is 9. The van der Waals surface area contributed by atoms with Crippen LogP contribution in [0.25, 0.3) is 11.2 Å². The molecule has 0 bridgehead atoms. The van der Waals surface area contributed by atoms with E-state index in [-0.39, 0.29) is 17.7 Å². The number of aryl methyl sites for hydroxylation is 3. The number of aromatic amines is 1. The first kappa shape index (κ1) is 24.9. The Kier molecular flexibility index (Phi) is 7.51. The normalized spacial score (nSPS) is 14.9. The molecule has 11 heteroatoms. The summed E-state index contributed by atoms with van der Waals surface area (Å²) in [6, 6.07) is 0. The average molecular weight is 486 g/mol. The van der Waals surface area contributed by atoms with Crippen LogP contribution >= 0.6 is 0 Å². The van der Waals surface area contributed by atoms with Crippen molar-refractivity contribution in [1.29, 1.82) is 0 Å². The van der Waals surface area contributed by atoms with Crippen LogP contribution in [0.2, 0.25) is 0 Å². The largest absolute Gasteiger partial charge is 0.343 e. The minimum Gasteiger partial charge on any atom is -0.343 e. The fraction of sp³-hybridized carbons (Fsp3) is 0.667. The third-order valence-electron chi connectivity index (χ3n) is 6.55. The highest BCUT2D eigenvalue weighted by atomic mass is 16.5. The molecule has 0 aliphatic carbocycles. The van der Waals surface area contributed by atoms with Gasteiger partial charge in [0.25, 0.3) is 5.56 Å². The molecule has 0 radical (unpaired) electrons. The number of amides is 1. The summed E-state index contributed by atoms with van der Waals surface area (Å²) in [5.41, 5.74) is -0.0487. The average Bonchev–Trinajstić information content (AvgIpc) is 3.41. The number of unbranched alkanes of at least 4 members (excludes halogenated alkanes) is 1. The lowest BCUT2D eigenvalue weighted by Crippen LogP contribution is -2.38. The van der Waals surface area contributed by atoms with Gasteiger partial charge in [-0.1, -0.05) is 32.3 Å². The van der Waals surface area contributed by atoms with Crippen LogP contribution in [0.5, 0.6) is 0 Å². The van der Waals surface area contributed by atoms with Gasteiger partial charge in [-0.2, -0.15) is 4.98 Å². The zero-order chi connectivity index (χ0) is 25.1. The van der Waals surface area contributed by atoms with Crippen LogP contribution in [-0.2, 0) is 24.3 Å². The molecule has 190 valence electrons. The third-order valence-corrected chi connectivity index (χ3v) is 6.55. The molecule has 0 spiro atoms. The van der Waals surface area contributed by atoms with Gasteiger partial charge >= 0.3 is 5.69 Å². The lowest BCUT2D eigenvalue weighted by Gasteiger charge is -2.30. The minimum atomic E-state index is -0.438. The van der Waals surface area contributed by atoms with Gasteiger partial charge in [0, 0.05) is 44.9 Å². The van der Waals surface area contributed by atoms with Crippen molar-refractivity contribution in [3.63, 3.8) is 0 Å². The number of piperidine rings is 1. The Morgan fingerprint density at radius 1 is 1.17 bits per heavy atom. The summed E-state index contributed by atoms with van der Waals surface area (Å²) in [6.07, 6.45) is 4.01. The minimum absolute atomic E-state index is 0.0607. The van der Waals surface area contributed by atoms with Crippen LogP contribution < -0.4 is 11.2 Å². The molecule has 11 nitrogen and oxygen atoms in total. The molecule has 1 aliphatic rings. The van der Waals surface area contributed by atoms with Crippen LogP contribution in [0, 0.1) is 12.8 Å². The molecule has 35 heavy (non-hydrogen) atoms. The van der Waals surface area contributed by atoms with Gasteiger partial charge < -0.3 is 14.0 Å². The first-order valence-corrected chi connectivity index (χ1v) is 12.6. The molecule has 0 aromatic carbocycles. The van der Waals surface area contributed by atoms with Crippen LogP contribution in [0.15, 0.2) is 14.1 Å². The van der Waals surface area contributed by atoms with Crippen molar-refractivity contribution in [2.75, 3.05) is 13.1 Å². The van der Waals surface area contributed by atoms with Crippen molar-refractivity contribution in [2.45, 2.75) is 85.2 Å². The van der Waals surface area contributed by atoms with Crippen molar-refractivity contribution < 1.29 is 9.32 Å². The van der Waals surface area contributed by atoms with Gasteiger partial charge in [0.2, 0.25) is 11.8 Å². The quantitative estimate of drug-likeness (QED) is 0.492. The number of nitrogens with zero attached hydrogens (tertiary/aromatic N) is 6. The van der Waals surface area contributed by atoms with Crippen LogP contribution in [-0.4, -0.2) is 53.1 Å². The Morgan fingerprint density at radius 3 is 2.54 bits per heavy atom. The molecular weight excluding hydrogens is 450 g/mol. The number of carbonyl (C=O) groups is 1. The first-order valence-electron chi connectivity index (χ1n) is 12.6. The van der Waals surface area contributed by atoms with Gasteiger partial charge in [-0.05, 0) is 32.1 Å². The Labute approximate surface area is 203 Å². The second kappa shape index (κ2) is 10.6. The number of imidazole rings is 1. The highest BCUT2D eigenvalue weighted by Gasteiger charge is 2.27. The van der Waals surface area contributed by atoms with Crippen molar-refractivity contribution in [3.8, 4) is 0 Å². The second-order valence-corrected chi connectivity index (χ2v) is 9.80. The third kappa shape index (κ3) is 5.38. The Hall–Kier alpha value is -3.24. The van der Waals surface area contributed by atoms with E-state index in [0.29, 0.717) is 67.7 Å². The number of carbonyl (C=O) groups excluding carboxylic acids is 1. The molecule has 1 amide bonds. The first-order chi connectivity index (χ1) is 16.8. The van der Waals surface area contributed by atoms with Crippen LogP contribution in [0.1, 0.15) is 76.3 Å². The topological polar surface area (TPSA) is 132 Å². The number of likely N-dealkylation sites (tertiary alicyclic amines) is 1. The molecule has 0 unspecified atom stereocenters. The van der Waals surface area contributed by atoms with E-state index in [1.165, 1.54) is 0 Å². The van der Waals surface area contributed by atoms with Crippen molar-refractivity contribution in [1.82, 2.24) is 34.1 Å². The van der Waals surface area contributed by atoms with E-state index in [1.807, 2.05) is 16.4 Å². The maximum Gasteiger partial charge on any atom is 0.330 e. The van der Waals surface area contributed by atoms with Gasteiger partial charge in [-0.15, -0.1) is 0 Å². The fourth-order valence-electron chi connectivity index (χ4n) is 4.73. The Bertz CT molecular complexity index is 1290. The summed E-state index contributed by atoms with van der Waals surface area (Å²) in [5, 5.41) is 3.87. The summed E-state index contributed by atoms with van der Waals surface area (Å²) >= 11 is 0. The molecule has 1 aliphatic heterocycles. The summed E-state index contributed by atoms with van der Waals surface area (Å²) in [4.78, 5) is 51.6. The molecule has 4 rings (SSSR count). The maximum absolute atomic E-state index is 13.0. The van der Waals surface area contributed by atoms with E-state index in [0.717, 1.165) is 25.7 Å². The second-order valence-electron chi connectivity index (χ2n) is 9.80. The smallest absolute Gasteiger partial charge is 0.330 e. The summed E-state index contributed by atoms with van der Waals surface area (Å²) in [5.74, 6) is 2.45. The lowest BCUT2D eigenvalue weighted by molar-refractivity contribution is -0.132. The van der Waals surface area contributed by atoms with E-state index >= 15 is 0 Å². The molecule has 3 aromatic rings. The SMILES string of the molecule is CCCCn1c(=O)[nH]c(=O)c2c1nc(CCC(=O)N1CCC(c3nc(C)no3)CC1)n2CC(C)C. The molecule has 0 saturated carbocycles. The monoisotopic (exact) mass is 485 g/mol. The summed E-state index contributed by atoms with van der Waals surface area (Å²) in [7, 11) is 0. The summed E-state index contributed by atoms with van der Waals surface area (Å²) < 4.78 is 8.74. The highest BCUT2D eigenvalue weighted by molar-refractivity contribution is 5.77. The van der Waals surface area contributed by atoms with E-state index < -0.39 is 11.2 Å².